The molecular weight excluding hydrogens is 454 g/mol. The van der Waals surface area contributed by atoms with E-state index in [1.54, 1.807) is 0 Å². The van der Waals surface area contributed by atoms with Gasteiger partial charge < -0.3 is 15.4 Å². The molecule has 0 atom stereocenters. The highest BCUT2D eigenvalue weighted by molar-refractivity contribution is 8.02. The van der Waals surface area contributed by atoms with Crippen LogP contribution in [0.4, 0.5) is 5.69 Å². The molecule has 0 heterocycles. The zero-order chi connectivity index (χ0) is 23.5. The van der Waals surface area contributed by atoms with Gasteiger partial charge in [0.1, 0.15) is 17.4 Å². The molecule has 0 aliphatic rings. The maximum absolute atomic E-state index is 13.0. The van der Waals surface area contributed by atoms with E-state index in [0.29, 0.717) is 40.4 Å². The molecule has 168 valence electrons. The number of nitrogens with zero attached hydrogens (tertiary/aromatic N) is 1. The van der Waals surface area contributed by atoms with Crippen molar-refractivity contribution in [3.05, 3.63) is 106 Å². The van der Waals surface area contributed by atoms with Crippen LogP contribution >= 0.6 is 23.4 Å². The summed E-state index contributed by atoms with van der Waals surface area (Å²) in [5, 5.41) is 17.0. The number of anilines is 1. The van der Waals surface area contributed by atoms with E-state index < -0.39 is 5.91 Å². The highest BCUT2D eigenvalue weighted by atomic mass is 35.5. The fourth-order valence-electron chi connectivity index (χ4n) is 2.98. The standard InChI is InChI=1S/C26H24ClN3O2S/c1-2-32-24-15-9-8-14-23(24)30-26(33-18-20-12-6-7-13-22(20)27)21(16-28)25(31)29-17-19-10-4-3-5-11-19/h3-15,30H,2,17-18H2,1H3,(H,29,31). The van der Waals surface area contributed by atoms with E-state index in [1.807, 2.05) is 85.8 Å². The molecule has 3 rings (SSSR count). The van der Waals surface area contributed by atoms with Gasteiger partial charge in [0.05, 0.1) is 17.3 Å². The summed E-state index contributed by atoms with van der Waals surface area (Å²) in [5.41, 5.74) is 2.52. The van der Waals surface area contributed by atoms with Crippen molar-refractivity contribution in [1.29, 1.82) is 5.26 Å². The Balaban J connectivity index is 1.89. The largest absolute Gasteiger partial charge is 0.492 e. The van der Waals surface area contributed by atoms with Gasteiger partial charge in [-0.3, -0.25) is 4.79 Å². The fourth-order valence-corrected chi connectivity index (χ4v) is 4.28. The molecule has 0 saturated heterocycles. The molecule has 2 N–H and O–H groups in total. The summed E-state index contributed by atoms with van der Waals surface area (Å²) in [6, 6.07) is 26.5. The second kappa shape index (κ2) is 12.6. The second-order valence-electron chi connectivity index (χ2n) is 6.92. The number of ether oxygens (including phenoxy) is 1. The van der Waals surface area contributed by atoms with Gasteiger partial charge in [-0.15, -0.1) is 11.8 Å². The van der Waals surface area contributed by atoms with Crippen LogP contribution < -0.4 is 15.4 Å². The molecule has 0 spiro atoms. The molecule has 33 heavy (non-hydrogen) atoms. The number of carbonyl (C=O) groups is 1. The quantitative estimate of drug-likeness (QED) is 0.271. The van der Waals surface area contributed by atoms with Gasteiger partial charge >= 0.3 is 0 Å². The Bertz CT molecular complexity index is 1160. The van der Waals surface area contributed by atoms with E-state index in [4.69, 9.17) is 16.3 Å². The molecule has 0 aliphatic carbocycles. The van der Waals surface area contributed by atoms with Gasteiger partial charge in [-0.1, -0.05) is 72.3 Å². The molecule has 0 fully saturated rings. The van der Waals surface area contributed by atoms with Crippen LogP contribution in [0.25, 0.3) is 0 Å². The van der Waals surface area contributed by atoms with E-state index >= 15 is 0 Å². The van der Waals surface area contributed by atoms with Gasteiger partial charge in [0.15, 0.2) is 0 Å². The van der Waals surface area contributed by atoms with E-state index in [-0.39, 0.29) is 5.57 Å². The van der Waals surface area contributed by atoms with Crippen molar-refractivity contribution in [3.63, 3.8) is 0 Å². The van der Waals surface area contributed by atoms with Gasteiger partial charge in [0.25, 0.3) is 5.91 Å². The number of nitrogens with one attached hydrogen (secondary N) is 2. The first-order valence-corrected chi connectivity index (χ1v) is 11.8. The lowest BCUT2D eigenvalue weighted by atomic mass is 10.2. The number of benzene rings is 3. The monoisotopic (exact) mass is 477 g/mol. The number of amides is 1. The minimum atomic E-state index is -0.454. The number of hydrogen-bond acceptors (Lipinski definition) is 5. The highest BCUT2D eigenvalue weighted by Gasteiger charge is 2.18. The molecule has 0 aromatic heterocycles. The minimum Gasteiger partial charge on any atom is -0.492 e. The first kappa shape index (κ1) is 24.2. The Hall–Kier alpha value is -3.40. The third-order valence-corrected chi connectivity index (χ3v) is 6.05. The Morgan fingerprint density at radius 3 is 2.45 bits per heavy atom. The van der Waals surface area contributed by atoms with Crippen molar-refractivity contribution < 1.29 is 9.53 Å². The number of hydrogen-bond donors (Lipinski definition) is 2. The molecule has 0 unspecified atom stereocenters. The number of halogens is 1. The number of thioether (sulfide) groups is 1. The number of rotatable bonds is 10. The molecular formula is C26H24ClN3O2S. The number of para-hydroxylation sites is 2. The third kappa shape index (κ3) is 7.04. The minimum absolute atomic E-state index is 0.00529. The average molecular weight is 478 g/mol. The average Bonchev–Trinajstić information content (AvgIpc) is 2.84. The molecule has 0 aliphatic heterocycles. The zero-order valence-electron chi connectivity index (χ0n) is 18.2. The van der Waals surface area contributed by atoms with Crippen LogP contribution in [0.1, 0.15) is 18.1 Å². The highest BCUT2D eigenvalue weighted by Crippen LogP contribution is 2.32. The van der Waals surface area contributed by atoms with Crippen molar-refractivity contribution in [1.82, 2.24) is 5.32 Å². The summed E-state index contributed by atoms with van der Waals surface area (Å²) in [5.74, 6) is 0.665. The predicted octanol–water partition coefficient (Wildman–Crippen LogP) is 6.14. The van der Waals surface area contributed by atoms with Crippen LogP contribution in [0, 0.1) is 11.3 Å². The summed E-state index contributed by atoms with van der Waals surface area (Å²) < 4.78 is 5.70. The summed E-state index contributed by atoms with van der Waals surface area (Å²) >= 11 is 7.65. The van der Waals surface area contributed by atoms with Crippen molar-refractivity contribution in [3.8, 4) is 11.8 Å². The second-order valence-corrected chi connectivity index (χ2v) is 8.31. The molecule has 0 radical (unpaired) electrons. The topological polar surface area (TPSA) is 74.1 Å². The third-order valence-electron chi connectivity index (χ3n) is 4.63. The molecule has 1 amide bonds. The van der Waals surface area contributed by atoms with Crippen molar-refractivity contribution in [2.45, 2.75) is 19.2 Å². The normalized spacial score (nSPS) is 11.2. The van der Waals surface area contributed by atoms with Crippen molar-refractivity contribution in [2.75, 3.05) is 11.9 Å². The first-order chi connectivity index (χ1) is 16.1. The fraction of sp³-hybridized carbons (Fsp3) is 0.154. The van der Waals surface area contributed by atoms with Crippen LogP contribution in [-0.2, 0) is 17.1 Å². The first-order valence-electron chi connectivity index (χ1n) is 10.4. The predicted molar refractivity (Wildman–Crippen MR) is 135 cm³/mol. The number of carbonyl (C=O) groups excluding carboxylic acids is 1. The molecule has 3 aromatic carbocycles. The van der Waals surface area contributed by atoms with Crippen LogP contribution in [0.5, 0.6) is 5.75 Å². The van der Waals surface area contributed by atoms with Crippen LogP contribution in [-0.4, -0.2) is 12.5 Å². The van der Waals surface area contributed by atoms with E-state index in [0.717, 1.165) is 11.1 Å². The van der Waals surface area contributed by atoms with E-state index in [9.17, 15) is 10.1 Å². The van der Waals surface area contributed by atoms with Gasteiger partial charge in [-0.25, -0.2) is 0 Å². The maximum atomic E-state index is 13.0. The van der Waals surface area contributed by atoms with Gasteiger partial charge in [0.2, 0.25) is 0 Å². The SMILES string of the molecule is CCOc1ccccc1NC(SCc1ccccc1Cl)=C(C#N)C(=O)NCc1ccccc1. The Kier molecular flexibility index (Phi) is 9.25. The lowest BCUT2D eigenvalue weighted by molar-refractivity contribution is -0.117. The van der Waals surface area contributed by atoms with Crippen LogP contribution in [0.15, 0.2) is 89.5 Å². The van der Waals surface area contributed by atoms with Crippen molar-refractivity contribution in [2.24, 2.45) is 0 Å². The Morgan fingerprint density at radius 2 is 1.73 bits per heavy atom. The zero-order valence-corrected chi connectivity index (χ0v) is 19.7. The van der Waals surface area contributed by atoms with Crippen molar-refractivity contribution >= 4 is 35.0 Å². The Morgan fingerprint density at radius 1 is 1.03 bits per heavy atom. The van der Waals surface area contributed by atoms with Crippen LogP contribution in [0.2, 0.25) is 5.02 Å². The molecule has 3 aromatic rings. The summed E-state index contributed by atoms with van der Waals surface area (Å²) in [6.07, 6.45) is 0. The molecule has 0 bridgehead atoms. The summed E-state index contributed by atoms with van der Waals surface area (Å²) in [6.45, 7) is 2.72. The molecule has 5 nitrogen and oxygen atoms in total. The number of nitriles is 1. The Labute approximate surface area is 203 Å². The van der Waals surface area contributed by atoms with Gasteiger partial charge in [0, 0.05) is 17.3 Å². The van der Waals surface area contributed by atoms with E-state index in [2.05, 4.69) is 16.7 Å². The van der Waals surface area contributed by atoms with E-state index in [1.165, 1.54) is 11.8 Å². The lowest BCUT2D eigenvalue weighted by Crippen LogP contribution is -2.25. The van der Waals surface area contributed by atoms with Gasteiger partial charge in [-0.05, 0) is 36.2 Å². The maximum Gasteiger partial charge on any atom is 0.264 e. The summed E-state index contributed by atoms with van der Waals surface area (Å²) in [4.78, 5) is 13.0. The molecule has 7 heteroatoms. The molecule has 0 saturated carbocycles. The van der Waals surface area contributed by atoms with Gasteiger partial charge in [-0.2, -0.15) is 5.26 Å². The summed E-state index contributed by atoms with van der Waals surface area (Å²) in [7, 11) is 0. The smallest absolute Gasteiger partial charge is 0.264 e. The lowest BCUT2D eigenvalue weighted by Gasteiger charge is -2.16. The van der Waals surface area contributed by atoms with Crippen LogP contribution in [0.3, 0.4) is 0 Å².